The van der Waals surface area contributed by atoms with Crippen molar-refractivity contribution in [1.82, 2.24) is 0 Å². The standard InChI is InChI=1S/C18H10O6S2/c19-25(20)14-7-3-2-6-12(14)24-17-16(25)10-9-13-18(17)26(21,22)15-8-4-1-5-11(15)23-13/h1-10H. The lowest BCUT2D eigenvalue weighted by Gasteiger charge is -2.26. The molecular weight excluding hydrogens is 376 g/mol. The summed E-state index contributed by atoms with van der Waals surface area (Å²) in [6.45, 7) is 0. The Balaban J connectivity index is 1.86. The van der Waals surface area contributed by atoms with Gasteiger partial charge < -0.3 is 9.47 Å². The Hall–Kier alpha value is -2.84. The highest BCUT2D eigenvalue weighted by Gasteiger charge is 2.41. The zero-order valence-corrected chi connectivity index (χ0v) is 14.7. The summed E-state index contributed by atoms with van der Waals surface area (Å²) >= 11 is 0. The van der Waals surface area contributed by atoms with E-state index in [9.17, 15) is 16.8 Å². The smallest absolute Gasteiger partial charge is 0.217 e. The molecule has 2 aliphatic rings. The summed E-state index contributed by atoms with van der Waals surface area (Å²) < 4.78 is 63.5. The molecule has 8 heteroatoms. The summed E-state index contributed by atoms with van der Waals surface area (Å²) in [4.78, 5) is -0.490. The molecule has 0 unspecified atom stereocenters. The first-order valence-electron chi connectivity index (χ1n) is 7.62. The Bertz CT molecular complexity index is 1310. The minimum absolute atomic E-state index is 0.00183. The number of benzene rings is 3. The van der Waals surface area contributed by atoms with Gasteiger partial charge in [0.2, 0.25) is 19.7 Å². The van der Waals surface area contributed by atoms with Crippen LogP contribution in [0.5, 0.6) is 23.0 Å². The Morgan fingerprint density at radius 2 is 1.12 bits per heavy atom. The van der Waals surface area contributed by atoms with Gasteiger partial charge >= 0.3 is 0 Å². The zero-order chi connectivity index (χ0) is 18.1. The normalized spacial score (nSPS) is 17.5. The van der Waals surface area contributed by atoms with Crippen LogP contribution in [0.25, 0.3) is 0 Å². The maximum atomic E-state index is 13.1. The van der Waals surface area contributed by atoms with Gasteiger partial charge in [-0.05, 0) is 36.4 Å². The molecule has 0 bridgehead atoms. The number of hydrogen-bond acceptors (Lipinski definition) is 6. The lowest BCUT2D eigenvalue weighted by molar-refractivity contribution is 0.400. The van der Waals surface area contributed by atoms with E-state index < -0.39 is 19.7 Å². The number of fused-ring (bicyclic) bond motifs is 5. The van der Waals surface area contributed by atoms with E-state index in [-0.39, 0.29) is 42.6 Å². The lowest BCUT2D eigenvalue weighted by Crippen LogP contribution is -2.17. The van der Waals surface area contributed by atoms with Crippen LogP contribution in [0.3, 0.4) is 0 Å². The first-order valence-corrected chi connectivity index (χ1v) is 10.6. The third-order valence-corrected chi connectivity index (χ3v) is 7.96. The van der Waals surface area contributed by atoms with Crippen molar-refractivity contribution in [1.29, 1.82) is 0 Å². The van der Waals surface area contributed by atoms with Crippen LogP contribution in [0, 0.1) is 0 Å². The molecule has 2 aliphatic heterocycles. The monoisotopic (exact) mass is 386 g/mol. The summed E-state index contributed by atoms with van der Waals surface area (Å²) in [7, 11) is -7.92. The summed E-state index contributed by atoms with van der Waals surface area (Å²) in [6, 6.07) is 15.0. The van der Waals surface area contributed by atoms with Gasteiger partial charge in [-0.25, -0.2) is 16.8 Å². The largest absolute Gasteiger partial charge is 0.454 e. The van der Waals surface area contributed by atoms with Crippen molar-refractivity contribution in [2.24, 2.45) is 0 Å². The van der Waals surface area contributed by atoms with Crippen LogP contribution in [0.15, 0.2) is 80.2 Å². The predicted octanol–water partition coefficient (Wildman–Crippen LogP) is 3.56. The van der Waals surface area contributed by atoms with E-state index in [4.69, 9.17) is 9.47 Å². The van der Waals surface area contributed by atoms with Gasteiger partial charge in [0.15, 0.2) is 10.6 Å². The first-order chi connectivity index (χ1) is 12.4. The molecule has 0 aromatic heterocycles. The van der Waals surface area contributed by atoms with Crippen molar-refractivity contribution in [3.05, 3.63) is 60.7 Å². The van der Waals surface area contributed by atoms with Crippen molar-refractivity contribution in [3.63, 3.8) is 0 Å². The molecule has 2 heterocycles. The third-order valence-electron chi connectivity index (χ3n) is 4.31. The molecule has 0 aliphatic carbocycles. The Morgan fingerprint density at radius 3 is 1.81 bits per heavy atom. The van der Waals surface area contributed by atoms with Gasteiger partial charge in [-0.3, -0.25) is 0 Å². The molecule has 26 heavy (non-hydrogen) atoms. The third kappa shape index (κ3) is 1.85. The van der Waals surface area contributed by atoms with Crippen molar-refractivity contribution < 1.29 is 26.3 Å². The molecule has 3 aromatic carbocycles. The quantitative estimate of drug-likeness (QED) is 0.404. The molecule has 0 fully saturated rings. The molecule has 0 atom stereocenters. The summed E-state index contributed by atoms with van der Waals surface area (Å²) in [5, 5.41) is 0. The molecule has 0 spiro atoms. The first kappa shape index (κ1) is 15.4. The fraction of sp³-hybridized carbons (Fsp3) is 0. The molecule has 0 amide bonds. The van der Waals surface area contributed by atoms with Gasteiger partial charge in [0, 0.05) is 0 Å². The highest BCUT2D eigenvalue weighted by atomic mass is 32.2. The minimum Gasteiger partial charge on any atom is -0.454 e. The van der Waals surface area contributed by atoms with Crippen LogP contribution in [0.4, 0.5) is 0 Å². The zero-order valence-electron chi connectivity index (χ0n) is 13.0. The van der Waals surface area contributed by atoms with Crippen LogP contribution < -0.4 is 9.47 Å². The van der Waals surface area contributed by atoms with Gasteiger partial charge in [0.1, 0.15) is 31.9 Å². The average molecular weight is 386 g/mol. The molecule has 3 aromatic rings. The number of para-hydroxylation sites is 2. The van der Waals surface area contributed by atoms with Crippen molar-refractivity contribution in [2.45, 2.75) is 19.6 Å². The maximum absolute atomic E-state index is 13.1. The van der Waals surface area contributed by atoms with Gasteiger partial charge in [0.25, 0.3) is 0 Å². The van der Waals surface area contributed by atoms with Crippen LogP contribution in [-0.2, 0) is 19.7 Å². The highest BCUT2D eigenvalue weighted by Crippen LogP contribution is 2.53. The Kier molecular flexibility index (Phi) is 2.88. The van der Waals surface area contributed by atoms with Gasteiger partial charge in [-0.2, -0.15) is 0 Å². The topological polar surface area (TPSA) is 86.7 Å². The van der Waals surface area contributed by atoms with Crippen LogP contribution in [0.1, 0.15) is 0 Å². The highest BCUT2D eigenvalue weighted by molar-refractivity contribution is 7.92. The van der Waals surface area contributed by atoms with E-state index >= 15 is 0 Å². The number of ether oxygens (including phenoxy) is 2. The molecule has 0 N–H and O–H groups in total. The fourth-order valence-electron chi connectivity index (χ4n) is 3.14. The molecule has 0 saturated heterocycles. The average Bonchev–Trinajstić information content (AvgIpc) is 2.61. The Morgan fingerprint density at radius 1 is 0.538 bits per heavy atom. The summed E-state index contributed by atoms with van der Waals surface area (Å²) in [6.07, 6.45) is 0. The Labute approximate surface area is 149 Å². The van der Waals surface area contributed by atoms with Crippen LogP contribution in [-0.4, -0.2) is 16.8 Å². The second-order valence-electron chi connectivity index (χ2n) is 5.82. The number of sulfone groups is 2. The summed E-state index contributed by atoms with van der Waals surface area (Å²) in [5.41, 5.74) is 0. The van der Waals surface area contributed by atoms with E-state index in [2.05, 4.69) is 0 Å². The van der Waals surface area contributed by atoms with Crippen molar-refractivity contribution >= 4 is 19.7 Å². The second kappa shape index (κ2) is 4.87. The number of rotatable bonds is 0. The SMILES string of the molecule is O=S1(=O)c2ccccc2Oc2c1ccc1c2S(=O)(=O)c2ccccc2O1. The molecule has 0 radical (unpaired) electrons. The second-order valence-corrected chi connectivity index (χ2v) is 9.57. The minimum atomic E-state index is -4.01. The van der Waals surface area contributed by atoms with E-state index in [0.29, 0.717) is 0 Å². The van der Waals surface area contributed by atoms with Crippen molar-refractivity contribution in [2.75, 3.05) is 0 Å². The van der Waals surface area contributed by atoms with E-state index in [1.807, 2.05) is 0 Å². The van der Waals surface area contributed by atoms with Gasteiger partial charge in [0.05, 0.1) is 0 Å². The lowest BCUT2D eigenvalue weighted by atomic mass is 10.3. The summed E-state index contributed by atoms with van der Waals surface area (Å²) in [5.74, 6) is 0.0919. The van der Waals surface area contributed by atoms with Crippen LogP contribution >= 0.6 is 0 Å². The molecule has 130 valence electrons. The van der Waals surface area contributed by atoms with Gasteiger partial charge in [-0.15, -0.1) is 0 Å². The van der Waals surface area contributed by atoms with Crippen LogP contribution in [0.2, 0.25) is 0 Å². The molecule has 5 rings (SSSR count). The van der Waals surface area contributed by atoms with E-state index in [1.54, 1.807) is 30.3 Å². The van der Waals surface area contributed by atoms with Crippen molar-refractivity contribution in [3.8, 4) is 23.0 Å². The van der Waals surface area contributed by atoms with Gasteiger partial charge in [-0.1, -0.05) is 24.3 Å². The fourth-order valence-corrected chi connectivity index (χ4v) is 6.33. The van der Waals surface area contributed by atoms with E-state index in [0.717, 1.165) is 0 Å². The molecule has 6 nitrogen and oxygen atoms in total. The maximum Gasteiger partial charge on any atom is 0.217 e. The molecule has 0 saturated carbocycles. The van der Waals surface area contributed by atoms with E-state index in [1.165, 1.54) is 30.3 Å². The number of hydrogen-bond donors (Lipinski definition) is 0. The predicted molar refractivity (Wildman–Crippen MR) is 90.4 cm³/mol. The molecular formula is C18H10O6S2.